The fourth-order valence-electron chi connectivity index (χ4n) is 2.46. The van der Waals surface area contributed by atoms with Crippen molar-refractivity contribution in [3.05, 3.63) is 39.9 Å². The number of carbonyl (C=O) groups excluding carboxylic acids is 1. The van der Waals surface area contributed by atoms with Crippen LogP contribution in [0.1, 0.15) is 37.4 Å². The molecule has 2 rings (SSSR count). The molecule has 1 saturated carbocycles. The highest BCUT2D eigenvalue weighted by Crippen LogP contribution is 2.35. The summed E-state index contributed by atoms with van der Waals surface area (Å²) in [5.41, 5.74) is 0.117. The average Bonchev–Trinajstić information content (AvgIpc) is 2.38. The van der Waals surface area contributed by atoms with Gasteiger partial charge in [-0.3, -0.25) is 14.9 Å². The van der Waals surface area contributed by atoms with E-state index in [0.29, 0.717) is 12.8 Å². The highest BCUT2D eigenvalue weighted by atomic mass is 16.6. The van der Waals surface area contributed by atoms with Crippen molar-refractivity contribution in [2.75, 3.05) is 0 Å². The molecular weight excluding hydrogens is 234 g/mol. The summed E-state index contributed by atoms with van der Waals surface area (Å²) >= 11 is 0. The summed E-state index contributed by atoms with van der Waals surface area (Å²) in [6, 6.07) is 6.06. The second-order valence-corrected chi connectivity index (χ2v) is 4.58. The van der Waals surface area contributed by atoms with Gasteiger partial charge in [0.15, 0.2) is 0 Å². The first-order chi connectivity index (χ1) is 8.61. The largest absolute Gasteiger partial charge is 0.387 e. The lowest BCUT2D eigenvalue weighted by molar-refractivity contribution is -0.386. The third-order valence-corrected chi connectivity index (χ3v) is 3.44. The van der Waals surface area contributed by atoms with Gasteiger partial charge in [0, 0.05) is 18.4 Å². The molecule has 1 aliphatic carbocycles. The van der Waals surface area contributed by atoms with E-state index in [-0.39, 0.29) is 17.0 Å². The Morgan fingerprint density at radius 2 is 2.06 bits per heavy atom. The topological polar surface area (TPSA) is 80.4 Å². The van der Waals surface area contributed by atoms with Crippen molar-refractivity contribution in [3.8, 4) is 0 Å². The normalized spacial score (nSPS) is 21.6. The first-order valence-corrected chi connectivity index (χ1v) is 6.05. The fourth-order valence-corrected chi connectivity index (χ4v) is 2.46. The number of nitrogens with zero attached hydrogens (tertiary/aromatic N) is 1. The third kappa shape index (κ3) is 2.41. The molecule has 5 heteroatoms. The minimum absolute atomic E-state index is 0.00639. The van der Waals surface area contributed by atoms with Crippen LogP contribution in [-0.2, 0) is 4.79 Å². The number of hydrogen-bond acceptors (Lipinski definition) is 4. The minimum atomic E-state index is -1.07. The van der Waals surface area contributed by atoms with E-state index in [1.165, 1.54) is 12.1 Å². The maximum Gasteiger partial charge on any atom is 0.275 e. The molecular formula is C13H15NO4. The molecule has 0 saturated heterocycles. The van der Waals surface area contributed by atoms with Gasteiger partial charge in [-0.05, 0) is 18.9 Å². The van der Waals surface area contributed by atoms with E-state index in [4.69, 9.17) is 0 Å². The molecule has 0 unspecified atom stereocenters. The zero-order valence-corrected chi connectivity index (χ0v) is 9.91. The Kier molecular flexibility index (Phi) is 3.72. The maximum atomic E-state index is 11.8. The number of benzene rings is 1. The van der Waals surface area contributed by atoms with Crippen molar-refractivity contribution < 1.29 is 14.8 Å². The first-order valence-electron chi connectivity index (χ1n) is 6.05. The van der Waals surface area contributed by atoms with Crippen molar-refractivity contribution in [2.45, 2.75) is 31.8 Å². The van der Waals surface area contributed by atoms with Crippen molar-refractivity contribution >= 4 is 11.5 Å². The molecule has 0 aliphatic heterocycles. The molecule has 2 atom stereocenters. The van der Waals surface area contributed by atoms with E-state index in [1.807, 2.05) is 0 Å². The van der Waals surface area contributed by atoms with Crippen LogP contribution in [0.5, 0.6) is 0 Å². The van der Waals surface area contributed by atoms with E-state index >= 15 is 0 Å². The van der Waals surface area contributed by atoms with E-state index in [0.717, 1.165) is 12.8 Å². The zero-order valence-electron chi connectivity index (χ0n) is 9.91. The summed E-state index contributed by atoms with van der Waals surface area (Å²) in [7, 11) is 0. The van der Waals surface area contributed by atoms with Gasteiger partial charge in [0.05, 0.1) is 16.6 Å². The Bertz CT molecular complexity index is 472. The number of nitro groups is 1. The highest BCUT2D eigenvalue weighted by Gasteiger charge is 2.33. The summed E-state index contributed by atoms with van der Waals surface area (Å²) in [4.78, 5) is 22.1. The van der Waals surface area contributed by atoms with Gasteiger partial charge in [0.25, 0.3) is 5.69 Å². The molecule has 0 spiro atoms. The van der Waals surface area contributed by atoms with Crippen LogP contribution in [0.3, 0.4) is 0 Å². The number of nitro benzene ring substituents is 1. The van der Waals surface area contributed by atoms with E-state index < -0.39 is 16.9 Å². The quantitative estimate of drug-likeness (QED) is 0.658. The van der Waals surface area contributed by atoms with E-state index in [2.05, 4.69) is 0 Å². The van der Waals surface area contributed by atoms with Crippen LogP contribution in [0.15, 0.2) is 24.3 Å². The number of carbonyl (C=O) groups is 1. The lowest BCUT2D eigenvalue weighted by Gasteiger charge is -2.25. The number of para-hydroxylation sites is 1. The predicted molar refractivity (Wildman–Crippen MR) is 65.0 cm³/mol. The molecule has 1 aliphatic rings. The maximum absolute atomic E-state index is 11.8. The Hall–Kier alpha value is -1.75. The fraction of sp³-hybridized carbons (Fsp3) is 0.462. The van der Waals surface area contributed by atoms with Crippen molar-refractivity contribution in [3.63, 3.8) is 0 Å². The number of ketones is 1. The first kappa shape index (κ1) is 12.7. The molecule has 0 bridgehead atoms. The molecule has 1 aromatic carbocycles. The lowest BCUT2D eigenvalue weighted by atomic mass is 9.81. The number of aliphatic hydroxyl groups is 1. The average molecular weight is 249 g/mol. The van der Waals surface area contributed by atoms with Crippen LogP contribution in [0.4, 0.5) is 5.69 Å². The highest BCUT2D eigenvalue weighted by molar-refractivity contribution is 5.82. The lowest BCUT2D eigenvalue weighted by Crippen LogP contribution is -2.26. The van der Waals surface area contributed by atoms with Crippen molar-refractivity contribution in [1.29, 1.82) is 0 Å². The van der Waals surface area contributed by atoms with E-state index in [9.17, 15) is 20.0 Å². The van der Waals surface area contributed by atoms with Gasteiger partial charge < -0.3 is 5.11 Å². The van der Waals surface area contributed by atoms with Gasteiger partial charge in [-0.15, -0.1) is 0 Å². The monoisotopic (exact) mass is 249 g/mol. The number of rotatable bonds is 3. The number of hydrogen-bond donors (Lipinski definition) is 1. The molecule has 1 fully saturated rings. The van der Waals surface area contributed by atoms with Crippen LogP contribution in [0.25, 0.3) is 0 Å². The molecule has 96 valence electrons. The summed E-state index contributed by atoms with van der Waals surface area (Å²) in [6.45, 7) is 0. The molecule has 0 amide bonds. The zero-order chi connectivity index (χ0) is 13.1. The van der Waals surface area contributed by atoms with Gasteiger partial charge in [-0.2, -0.15) is 0 Å². The summed E-state index contributed by atoms with van der Waals surface area (Å²) in [6.07, 6.45) is 1.72. The number of Topliss-reactive ketones (excluding diaryl/α,β-unsaturated/α-hetero) is 1. The van der Waals surface area contributed by atoms with Crippen LogP contribution in [0, 0.1) is 16.0 Å². The van der Waals surface area contributed by atoms with Crippen LogP contribution in [0.2, 0.25) is 0 Å². The van der Waals surface area contributed by atoms with Gasteiger partial charge in [0.1, 0.15) is 5.78 Å². The van der Waals surface area contributed by atoms with Gasteiger partial charge in [0.2, 0.25) is 0 Å². The second kappa shape index (κ2) is 5.27. The minimum Gasteiger partial charge on any atom is -0.387 e. The molecule has 1 N–H and O–H groups in total. The smallest absolute Gasteiger partial charge is 0.275 e. The summed E-state index contributed by atoms with van der Waals surface area (Å²) in [5.74, 6) is -0.494. The second-order valence-electron chi connectivity index (χ2n) is 4.58. The Labute approximate surface area is 105 Å². The summed E-state index contributed by atoms with van der Waals surface area (Å²) in [5, 5.41) is 21.1. The van der Waals surface area contributed by atoms with Crippen molar-refractivity contribution in [2.24, 2.45) is 5.92 Å². The summed E-state index contributed by atoms with van der Waals surface area (Å²) < 4.78 is 0. The predicted octanol–water partition coefficient (Wildman–Crippen LogP) is 2.39. The standard InChI is InChI=1S/C13H15NO4/c15-12-8-4-2-6-10(12)13(16)9-5-1-3-7-11(9)14(17)18/h1,3,5,7,10,13,16H,2,4,6,8H2/t10-,13+/m0/s1. The van der Waals surface area contributed by atoms with Gasteiger partial charge >= 0.3 is 0 Å². The number of aliphatic hydroxyl groups excluding tert-OH is 1. The molecule has 0 radical (unpaired) electrons. The van der Waals surface area contributed by atoms with Crippen LogP contribution >= 0.6 is 0 Å². The van der Waals surface area contributed by atoms with Crippen molar-refractivity contribution in [1.82, 2.24) is 0 Å². The van der Waals surface area contributed by atoms with Gasteiger partial charge in [-0.1, -0.05) is 18.6 Å². The Morgan fingerprint density at radius 3 is 2.72 bits per heavy atom. The SMILES string of the molecule is O=C1CCCC[C@@H]1[C@H](O)c1ccccc1[N+](=O)[O-]. The Morgan fingerprint density at radius 1 is 1.33 bits per heavy atom. The van der Waals surface area contributed by atoms with Gasteiger partial charge in [-0.25, -0.2) is 0 Å². The van der Waals surface area contributed by atoms with Crippen LogP contribution < -0.4 is 0 Å². The molecule has 18 heavy (non-hydrogen) atoms. The molecule has 0 heterocycles. The molecule has 1 aromatic rings. The Balaban J connectivity index is 2.30. The van der Waals surface area contributed by atoms with Crippen LogP contribution in [-0.4, -0.2) is 15.8 Å². The third-order valence-electron chi connectivity index (χ3n) is 3.44. The molecule has 0 aromatic heterocycles. The molecule has 5 nitrogen and oxygen atoms in total. The van der Waals surface area contributed by atoms with E-state index in [1.54, 1.807) is 12.1 Å².